The lowest BCUT2D eigenvalue weighted by Crippen LogP contribution is -2.07. The highest BCUT2D eigenvalue weighted by atomic mass is 35.5. The van der Waals surface area contributed by atoms with E-state index < -0.39 is 0 Å². The Morgan fingerprint density at radius 2 is 1.94 bits per heavy atom. The molecule has 0 saturated carbocycles. The number of hydrogen-bond acceptors (Lipinski definition) is 4. The van der Waals surface area contributed by atoms with Gasteiger partial charge in [0.2, 0.25) is 5.95 Å². The molecule has 0 bridgehead atoms. The Hall–Kier alpha value is -1.81. The lowest BCUT2D eigenvalue weighted by atomic mass is 10.1. The van der Waals surface area contributed by atoms with Gasteiger partial charge in [-0.25, -0.2) is 9.97 Å². The highest BCUT2D eigenvalue weighted by Gasteiger charge is 1.97. The van der Waals surface area contributed by atoms with Crippen molar-refractivity contribution in [2.45, 2.75) is 6.42 Å². The molecule has 0 saturated heterocycles. The number of aromatic hydroxyl groups is 1. The number of benzene rings is 1. The molecule has 1 aromatic heterocycles. The first-order chi connectivity index (χ1) is 8.24. The number of nitrogens with one attached hydrogen (secondary N) is 1. The summed E-state index contributed by atoms with van der Waals surface area (Å²) < 4.78 is 0. The minimum Gasteiger partial charge on any atom is -0.508 e. The summed E-state index contributed by atoms with van der Waals surface area (Å²) >= 11 is 5.74. The Kier molecular flexibility index (Phi) is 3.77. The maximum Gasteiger partial charge on any atom is 0.224 e. The SMILES string of the molecule is Oc1ccc(CCNc2nccc(Cl)n2)cc1. The summed E-state index contributed by atoms with van der Waals surface area (Å²) in [4.78, 5) is 8.06. The molecule has 0 spiro atoms. The second kappa shape index (κ2) is 5.50. The van der Waals surface area contributed by atoms with Crippen LogP contribution in [-0.2, 0) is 6.42 Å². The van der Waals surface area contributed by atoms with Gasteiger partial charge in [-0.2, -0.15) is 0 Å². The van der Waals surface area contributed by atoms with Crippen molar-refractivity contribution in [3.63, 3.8) is 0 Å². The van der Waals surface area contributed by atoms with E-state index in [9.17, 15) is 0 Å². The van der Waals surface area contributed by atoms with E-state index in [2.05, 4.69) is 15.3 Å². The summed E-state index contributed by atoms with van der Waals surface area (Å²) in [6.45, 7) is 0.713. The largest absolute Gasteiger partial charge is 0.508 e. The Labute approximate surface area is 104 Å². The molecule has 0 amide bonds. The highest BCUT2D eigenvalue weighted by molar-refractivity contribution is 6.29. The predicted octanol–water partition coefficient (Wildman–Crippen LogP) is 2.49. The van der Waals surface area contributed by atoms with E-state index in [1.54, 1.807) is 24.4 Å². The van der Waals surface area contributed by atoms with Gasteiger partial charge in [-0.1, -0.05) is 23.7 Å². The Balaban J connectivity index is 1.85. The van der Waals surface area contributed by atoms with E-state index in [0.29, 0.717) is 17.6 Å². The van der Waals surface area contributed by atoms with Gasteiger partial charge in [-0.15, -0.1) is 0 Å². The van der Waals surface area contributed by atoms with Crippen LogP contribution in [0.2, 0.25) is 5.15 Å². The van der Waals surface area contributed by atoms with Gasteiger partial charge < -0.3 is 10.4 Å². The first-order valence-corrected chi connectivity index (χ1v) is 5.62. The van der Waals surface area contributed by atoms with Crippen LogP contribution in [0.4, 0.5) is 5.95 Å². The molecule has 17 heavy (non-hydrogen) atoms. The Morgan fingerprint density at radius 1 is 1.18 bits per heavy atom. The van der Waals surface area contributed by atoms with Crippen molar-refractivity contribution in [2.75, 3.05) is 11.9 Å². The van der Waals surface area contributed by atoms with Crippen LogP contribution in [0.15, 0.2) is 36.5 Å². The monoisotopic (exact) mass is 249 g/mol. The summed E-state index contributed by atoms with van der Waals surface area (Å²) in [6.07, 6.45) is 2.44. The topological polar surface area (TPSA) is 58.0 Å². The third kappa shape index (κ3) is 3.60. The molecular formula is C12H12ClN3O. The summed E-state index contributed by atoms with van der Waals surface area (Å²) in [5, 5.41) is 12.6. The van der Waals surface area contributed by atoms with E-state index in [1.165, 1.54) is 0 Å². The molecule has 1 heterocycles. The minimum atomic E-state index is 0.278. The minimum absolute atomic E-state index is 0.278. The van der Waals surface area contributed by atoms with Crippen LogP contribution < -0.4 is 5.32 Å². The maximum atomic E-state index is 9.14. The molecule has 0 aliphatic carbocycles. The zero-order valence-corrected chi connectivity index (χ0v) is 9.85. The molecule has 2 N–H and O–H groups in total. The molecule has 0 aliphatic heterocycles. The van der Waals surface area contributed by atoms with Crippen molar-refractivity contribution in [1.29, 1.82) is 0 Å². The number of halogens is 1. The summed E-state index contributed by atoms with van der Waals surface area (Å²) in [5.41, 5.74) is 1.14. The quantitative estimate of drug-likeness (QED) is 0.818. The zero-order valence-electron chi connectivity index (χ0n) is 9.10. The Bertz CT molecular complexity index is 487. The van der Waals surface area contributed by atoms with Gasteiger partial charge in [-0.3, -0.25) is 0 Å². The second-order valence-electron chi connectivity index (χ2n) is 3.55. The van der Waals surface area contributed by atoms with Crippen molar-refractivity contribution in [3.05, 3.63) is 47.2 Å². The van der Waals surface area contributed by atoms with E-state index >= 15 is 0 Å². The van der Waals surface area contributed by atoms with Crippen LogP contribution in [0.3, 0.4) is 0 Å². The summed E-state index contributed by atoms with van der Waals surface area (Å²) in [7, 11) is 0. The van der Waals surface area contributed by atoms with Crippen molar-refractivity contribution < 1.29 is 5.11 Å². The van der Waals surface area contributed by atoms with Gasteiger partial charge in [0.15, 0.2) is 0 Å². The van der Waals surface area contributed by atoms with E-state index in [0.717, 1.165) is 12.0 Å². The zero-order chi connectivity index (χ0) is 12.1. The third-order valence-electron chi connectivity index (χ3n) is 2.25. The van der Waals surface area contributed by atoms with Crippen LogP contribution in [0.1, 0.15) is 5.56 Å². The van der Waals surface area contributed by atoms with Crippen LogP contribution in [0, 0.1) is 0 Å². The molecule has 5 heteroatoms. The molecular weight excluding hydrogens is 238 g/mol. The number of phenols is 1. The van der Waals surface area contributed by atoms with Gasteiger partial charge in [0.05, 0.1) is 0 Å². The molecule has 4 nitrogen and oxygen atoms in total. The summed E-state index contributed by atoms with van der Waals surface area (Å²) in [5.74, 6) is 0.802. The lowest BCUT2D eigenvalue weighted by Gasteiger charge is -2.04. The van der Waals surface area contributed by atoms with Gasteiger partial charge in [0, 0.05) is 12.7 Å². The van der Waals surface area contributed by atoms with Crippen molar-refractivity contribution in [2.24, 2.45) is 0 Å². The molecule has 0 unspecified atom stereocenters. The molecule has 88 valence electrons. The highest BCUT2D eigenvalue weighted by Crippen LogP contribution is 2.10. The molecule has 0 atom stereocenters. The second-order valence-corrected chi connectivity index (χ2v) is 3.93. The van der Waals surface area contributed by atoms with Crippen molar-refractivity contribution >= 4 is 17.5 Å². The van der Waals surface area contributed by atoms with E-state index in [4.69, 9.17) is 16.7 Å². The molecule has 2 aromatic rings. The fraction of sp³-hybridized carbons (Fsp3) is 0.167. The number of hydrogen-bond donors (Lipinski definition) is 2. The van der Waals surface area contributed by atoms with Crippen LogP contribution in [-0.4, -0.2) is 21.6 Å². The maximum absolute atomic E-state index is 9.14. The molecule has 0 aliphatic rings. The predicted molar refractivity (Wildman–Crippen MR) is 67.3 cm³/mol. The normalized spacial score (nSPS) is 10.2. The van der Waals surface area contributed by atoms with Gasteiger partial charge in [-0.05, 0) is 30.2 Å². The van der Waals surface area contributed by atoms with E-state index in [-0.39, 0.29) is 5.75 Å². The van der Waals surface area contributed by atoms with E-state index in [1.807, 2.05) is 12.1 Å². The molecule has 0 radical (unpaired) electrons. The third-order valence-corrected chi connectivity index (χ3v) is 2.47. The number of phenolic OH excluding ortho intramolecular Hbond substituents is 1. The van der Waals surface area contributed by atoms with Gasteiger partial charge >= 0.3 is 0 Å². The van der Waals surface area contributed by atoms with Gasteiger partial charge in [0.25, 0.3) is 0 Å². The first-order valence-electron chi connectivity index (χ1n) is 5.24. The van der Waals surface area contributed by atoms with Crippen LogP contribution >= 0.6 is 11.6 Å². The fourth-order valence-corrected chi connectivity index (χ4v) is 1.54. The van der Waals surface area contributed by atoms with Crippen LogP contribution in [0.25, 0.3) is 0 Å². The summed E-state index contributed by atoms with van der Waals surface area (Å²) in [6, 6.07) is 8.74. The van der Waals surface area contributed by atoms with Crippen molar-refractivity contribution in [3.8, 4) is 5.75 Å². The molecule has 0 fully saturated rings. The molecule has 2 rings (SSSR count). The number of rotatable bonds is 4. The standard InChI is InChI=1S/C12H12ClN3O/c13-11-6-8-15-12(16-11)14-7-5-9-1-3-10(17)4-2-9/h1-4,6,8,17H,5,7H2,(H,14,15,16). The Morgan fingerprint density at radius 3 is 2.65 bits per heavy atom. The number of nitrogens with zero attached hydrogens (tertiary/aromatic N) is 2. The van der Waals surface area contributed by atoms with Gasteiger partial charge in [0.1, 0.15) is 10.9 Å². The first kappa shape index (κ1) is 11.7. The average molecular weight is 250 g/mol. The lowest BCUT2D eigenvalue weighted by molar-refractivity contribution is 0.475. The average Bonchev–Trinajstić information content (AvgIpc) is 2.32. The number of anilines is 1. The fourth-order valence-electron chi connectivity index (χ4n) is 1.40. The smallest absolute Gasteiger partial charge is 0.224 e. The number of aromatic nitrogens is 2. The van der Waals surface area contributed by atoms with Crippen LogP contribution in [0.5, 0.6) is 5.75 Å². The van der Waals surface area contributed by atoms with Crippen molar-refractivity contribution in [1.82, 2.24) is 9.97 Å². The molecule has 1 aromatic carbocycles.